The van der Waals surface area contributed by atoms with E-state index in [0.717, 1.165) is 32.0 Å². The Morgan fingerprint density at radius 2 is 1.71 bits per heavy atom. The first kappa shape index (κ1) is 20.5. The quantitative estimate of drug-likeness (QED) is 0.800. The molecule has 4 heteroatoms. The Balaban J connectivity index is 0.000000222. The van der Waals surface area contributed by atoms with Gasteiger partial charge in [-0.15, -0.1) is 12.6 Å². The summed E-state index contributed by atoms with van der Waals surface area (Å²) in [6.45, 7) is 3.48. The van der Waals surface area contributed by atoms with Crippen LogP contribution in [0.4, 0.5) is 0 Å². The van der Waals surface area contributed by atoms with Crippen molar-refractivity contribution in [1.29, 1.82) is 0 Å². The second-order valence-electron chi connectivity index (χ2n) is 7.16. The van der Waals surface area contributed by atoms with Gasteiger partial charge >= 0.3 is 0 Å². The number of aliphatic hydroxyl groups is 1. The first-order valence-corrected chi connectivity index (χ1v) is 9.46. The van der Waals surface area contributed by atoms with Crippen LogP contribution in [0.1, 0.15) is 62.1 Å². The van der Waals surface area contributed by atoms with Crippen molar-refractivity contribution in [3.63, 3.8) is 0 Å². The van der Waals surface area contributed by atoms with E-state index in [1.807, 2.05) is 4.90 Å². The Labute approximate surface area is 172 Å². The standard InChI is InChI=1S/C15H20N.C5H11NO.Y/c1-2-7-13(8-3-1)15-14-9-5-4-6-12(14)10-11-16-15;7-5-6-3-1-2-4-6;/h4-6,9,13,15H,1-3,7-8,10-11H2;7H,1-5H2;/q-1;;. The number of hydrogen-bond donors (Lipinski definition) is 1. The molecule has 1 radical (unpaired) electrons. The molecular weight excluding hydrogens is 373 g/mol. The Kier molecular flexibility index (Phi) is 9.43. The van der Waals surface area contributed by atoms with Crippen LogP contribution in [0.15, 0.2) is 24.3 Å². The Morgan fingerprint density at radius 3 is 2.38 bits per heavy atom. The van der Waals surface area contributed by atoms with Crippen molar-refractivity contribution in [3.8, 4) is 0 Å². The van der Waals surface area contributed by atoms with Gasteiger partial charge in [0.1, 0.15) is 0 Å². The van der Waals surface area contributed by atoms with Gasteiger partial charge in [0, 0.05) is 45.8 Å². The minimum atomic E-state index is 0. The molecule has 2 fully saturated rings. The van der Waals surface area contributed by atoms with Gasteiger partial charge in [0.05, 0.1) is 6.73 Å². The first-order chi connectivity index (χ1) is 11.4. The predicted molar refractivity (Wildman–Crippen MR) is 95.6 cm³/mol. The van der Waals surface area contributed by atoms with Gasteiger partial charge in [0.25, 0.3) is 0 Å². The fourth-order valence-corrected chi connectivity index (χ4v) is 4.25. The molecule has 2 aliphatic heterocycles. The van der Waals surface area contributed by atoms with E-state index in [9.17, 15) is 0 Å². The molecule has 1 saturated heterocycles. The predicted octanol–water partition coefficient (Wildman–Crippen LogP) is 4.27. The molecule has 4 rings (SSSR count). The monoisotopic (exact) mass is 404 g/mol. The second-order valence-corrected chi connectivity index (χ2v) is 7.16. The zero-order valence-electron chi connectivity index (χ0n) is 14.9. The zero-order valence-corrected chi connectivity index (χ0v) is 17.7. The molecule has 0 amide bonds. The van der Waals surface area contributed by atoms with E-state index in [1.165, 1.54) is 50.5 Å². The summed E-state index contributed by atoms with van der Waals surface area (Å²) in [6.07, 6.45) is 10.7. The van der Waals surface area contributed by atoms with Crippen molar-refractivity contribution >= 4 is 0 Å². The molecule has 1 N–H and O–H groups in total. The number of hydrogen-bond acceptors (Lipinski definition) is 2. The van der Waals surface area contributed by atoms with Gasteiger partial charge in [-0.2, -0.15) is 0 Å². The fraction of sp³-hybridized carbons (Fsp3) is 0.700. The van der Waals surface area contributed by atoms with Crippen LogP contribution in [0.5, 0.6) is 0 Å². The number of likely N-dealkylation sites (tertiary alicyclic amines) is 1. The van der Waals surface area contributed by atoms with Gasteiger partial charge in [0.2, 0.25) is 0 Å². The number of aliphatic hydroxyl groups excluding tert-OH is 1. The number of benzene rings is 1. The van der Waals surface area contributed by atoms with Gasteiger partial charge in [-0.1, -0.05) is 67.9 Å². The van der Waals surface area contributed by atoms with Gasteiger partial charge in [-0.05, 0) is 24.8 Å². The summed E-state index contributed by atoms with van der Waals surface area (Å²) in [4.78, 5) is 2.04. The van der Waals surface area contributed by atoms with Crippen molar-refractivity contribution in [1.82, 2.24) is 4.90 Å². The van der Waals surface area contributed by atoms with Crippen LogP contribution in [0.2, 0.25) is 0 Å². The van der Waals surface area contributed by atoms with Crippen molar-refractivity contribution in [2.24, 2.45) is 5.92 Å². The van der Waals surface area contributed by atoms with Crippen molar-refractivity contribution in [3.05, 3.63) is 40.7 Å². The number of nitrogens with zero attached hydrogens (tertiary/aromatic N) is 2. The van der Waals surface area contributed by atoms with E-state index in [0.29, 0.717) is 6.04 Å². The molecule has 3 aliphatic rings. The largest absolute Gasteiger partial charge is 0.655 e. The fourth-order valence-electron chi connectivity index (χ4n) is 4.25. The number of fused-ring (bicyclic) bond motifs is 1. The summed E-state index contributed by atoms with van der Waals surface area (Å²) in [5.74, 6) is 0.829. The third-order valence-corrected chi connectivity index (χ3v) is 5.58. The van der Waals surface area contributed by atoms with E-state index in [4.69, 9.17) is 10.4 Å². The summed E-state index contributed by atoms with van der Waals surface area (Å²) in [5, 5.41) is 13.4. The molecule has 1 aromatic rings. The second kappa shape index (κ2) is 11.0. The maximum atomic E-state index is 8.49. The molecular formula is C20H31N2OY-. The van der Waals surface area contributed by atoms with E-state index in [1.54, 1.807) is 5.56 Å². The minimum Gasteiger partial charge on any atom is -0.655 e. The molecule has 0 bridgehead atoms. The summed E-state index contributed by atoms with van der Waals surface area (Å²) in [7, 11) is 0. The van der Waals surface area contributed by atoms with Crippen molar-refractivity contribution in [2.75, 3.05) is 26.4 Å². The average Bonchev–Trinajstić information content (AvgIpc) is 3.16. The maximum Gasteiger partial charge on any atom is 0.0956 e. The molecule has 1 unspecified atom stereocenters. The average molecular weight is 404 g/mol. The van der Waals surface area contributed by atoms with Gasteiger partial charge in [-0.25, -0.2) is 0 Å². The molecule has 0 spiro atoms. The molecule has 2 heterocycles. The SMILES string of the molecule is OCN1CCCC1.[Y].c1ccc2c(c1)CC[N-]C2C1CCCCC1. The minimum absolute atomic E-state index is 0. The molecule has 1 saturated carbocycles. The normalized spacial score (nSPS) is 24.5. The van der Waals surface area contributed by atoms with Crippen LogP contribution in [0.25, 0.3) is 5.32 Å². The summed E-state index contributed by atoms with van der Waals surface area (Å²) < 4.78 is 0. The smallest absolute Gasteiger partial charge is 0.0956 e. The Bertz CT molecular complexity index is 470. The molecule has 131 valence electrons. The van der Waals surface area contributed by atoms with Crippen LogP contribution in [-0.2, 0) is 39.1 Å². The van der Waals surface area contributed by atoms with Crippen LogP contribution in [0, 0.1) is 5.92 Å². The summed E-state index contributed by atoms with van der Waals surface area (Å²) in [5.41, 5.74) is 3.08. The Hall–Kier alpha value is 0.204. The van der Waals surface area contributed by atoms with E-state index >= 15 is 0 Å². The topological polar surface area (TPSA) is 37.6 Å². The Morgan fingerprint density at radius 1 is 1.00 bits per heavy atom. The third kappa shape index (κ3) is 5.60. The van der Waals surface area contributed by atoms with Crippen LogP contribution in [-0.4, -0.2) is 36.4 Å². The van der Waals surface area contributed by atoms with Gasteiger partial charge in [0.15, 0.2) is 0 Å². The van der Waals surface area contributed by atoms with Crippen LogP contribution in [0.3, 0.4) is 0 Å². The van der Waals surface area contributed by atoms with Gasteiger partial charge in [-0.3, -0.25) is 4.90 Å². The van der Waals surface area contributed by atoms with Gasteiger partial charge < -0.3 is 10.4 Å². The van der Waals surface area contributed by atoms with Crippen LogP contribution < -0.4 is 0 Å². The third-order valence-electron chi connectivity index (χ3n) is 5.58. The molecule has 24 heavy (non-hydrogen) atoms. The van der Waals surface area contributed by atoms with E-state index in [2.05, 4.69) is 24.3 Å². The van der Waals surface area contributed by atoms with E-state index in [-0.39, 0.29) is 39.4 Å². The van der Waals surface area contributed by atoms with E-state index < -0.39 is 0 Å². The molecule has 1 aliphatic carbocycles. The first-order valence-electron chi connectivity index (χ1n) is 9.46. The molecule has 1 aromatic carbocycles. The maximum absolute atomic E-state index is 8.49. The zero-order chi connectivity index (χ0) is 15.9. The van der Waals surface area contributed by atoms with Crippen molar-refractivity contribution in [2.45, 2.75) is 57.4 Å². The van der Waals surface area contributed by atoms with Crippen LogP contribution >= 0.6 is 0 Å². The molecule has 0 aromatic heterocycles. The molecule has 3 nitrogen and oxygen atoms in total. The summed E-state index contributed by atoms with van der Waals surface area (Å²) >= 11 is 0. The van der Waals surface area contributed by atoms with Crippen molar-refractivity contribution < 1.29 is 37.8 Å². The number of rotatable bonds is 2. The molecule has 1 atom stereocenters. The summed E-state index contributed by atoms with van der Waals surface area (Å²) in [6, 6.07) is 9.46.